The highest BCUT2D eigenvalue weighted by atomic mass is 32.2. The summed E-state index contributed by atoms with van der Waals surface area (Å²) in [6, 6.07) is 0. The molecule has 1 aliphatic carbocycles. The number of hydroxylamine groups is 1. The smallest absolute Gasteiger partial charge is 0.492 e. The molecule has 246 valence electrons. The number of hydrogen-bond acceptors (Lipinski definition) is 11. The van der Waals surface area contributed by atoms with E-state index in [9.17, 15) is 31.2 Å². The number of hydrogen-bond donors (Lipinski definition) is 0. The molecule has 3 aliphatic rings. The predicted molar refractivity (Wildman–Crippen MR) is 150 cm³/mol. The molecule has 4 rings (SSSR count). The highest BCUT2D eigenvalue weighted by molar-refractivity contribution is 7.92. The maximum atomic E-state index is 13.7. The molecule has 2 saturated heterocycles. The van der Waals surface area contributed by atoms with Crippen LogP contribution in [0.2, 0.25) is 0 Å². The number of carbonyl (C=O) groups excluding carboxylic acids is 2. The molecule has 0 spiro atoms. The number of methoxy groups -OCH3 is 1. The first-order valence-corrected chi connectivity index (χ1v) is 15.9. The third-order valence-electron chi connectivity index (χ3n) is 8.49. The quantitative estimate of drug-likeness (QED) is 0.365. The van der Waals surface area contributed by atoms with Gasteiger partial charge in [0.05, 0.1) is 17.8 Å². The van der Waals surface area contributed by atoms with E-state index in [0.29, 0.717) is 37.9 Å². The molecule has 1 aromatic rings. The van der Waals surface area contributed by atoms with Gasteiger partial charge >= 0.3 is 23.9 Å². The van der Waals surface area contributed by atoms with Crippen LogP contribution in [0.15, 0.2) is 26.7 Å². The van der Waals surface area contributed by atoms with Crippen LogP contribution < -0.4 is 0 Å². The lowest BCUT2D eigenvalue weighted by atomic mass is 9.87. The van der Waals surface area contributed by atoms with Crippen LogP contribution in [0.3, 0.4) is 0 Å². The van der Waals surface area contributed by atoms with Crippen LogP contribution in [0.5, 0.6) is 0 Å². The van der Waals surface area contributed by atoms with Gasteiger partial charge in [-0.25, -0.2) is 13.2 Å². The SMILES string of the molecule is COC1=CC(C)=C(S(=O)(=O)N(Cc2nnc(C(=O)N3CCN(CC4CCN(C)CC4)CC3)o2)OC(=O)C(F)(F)F)C(C)C1C. The molecule has 1 amide bonds. The van der Waals surface area contributed by atoms with Gasteiger partial charge in [0.2, 0.25) is 5.89 Å². The van der Waals surface area contributed by atoms with Gasteiger partial charge in [0.15, 0.2) is 0 Å². The highest BCUT2D eigenvalue weighted by Gasteiger charge is 2.47. The van der Waals surface area contributed by atoms with Gasteiger partial charge in [-0.2, -0.15) is 13.2 Å². The van der Waals surface area contributed by atoms with Gasteiger partial charge in [-0.3, -0.25) is 9.69 Å². The van der Waals surface area contributed by atoms with E-state index in [-0.39, 0.29) is 14.9 Å². The Morgan fingerprint density at radius 2 is 1.70 bits per heavy atom. The number of piperazine rings is 1. The Kier molecular flexibility index (Phi) is 10.4. The zero-order valence-electron chi connectivity index (χ0n) is 25.5. The minimum absolute atomic E-state index is 0.125. The van der Waals surface area contributed by atoms with E-state index < -0.39 is 58.2 Å². The van der Waals surface area contributed by atoms with Crippen LogP contribution in [-0.2, 0) is 30.9 Å². The summed E-state index contributed by atoms with van der Waals surface area (Å²) < 4.78 is 77.3. The van der Waals surface area contributed by atoms with Crippen LogP contribution in [0.25, 0.3) is 0 Å². The molecule has 0 radical (unpaired) electrons. The van der Waals surface area contributed by atoms with Crippen molar-refractivity contribution in [1.82, 2.24) is 29.4 Å². The second kappa shape index (κ2) is 13.5. The number of amides is 1. The third-order valence-corrected chi connectivity index (χ3v) is 10.5. The maximum Gasteiger partial charge on any atom is 0.492 e. The van der Waals surface area contributed by atoms with Crippen molar-refractivity contribution in [2.75, 3.05) is 60.0 Å². The molecule has 2 fully saturated rings. The molecule has 2 unspecified atom stereocenters. The van der Waals surface area contributed by atoms with Gasteiger partial charge in [0.1, 0.15) is 6.54 Å². The summed E-state index contributed by atoms with van der Waals surface area (Å²) in [7, 11) is -1.32. The number of allylic oxidation sites excluding steroid dienone is 4. The standard InChI is InChI=1S/C27H39F3N6O7S/c1-17-14-21(41-5)18(2)19(3)23(17)44(39,40)36(43-26(38)27(28,29)30)16-22-31-32-24(42-22)25(37)35-12-10-34(11-13-35)15-20-6-8-33(4)9-7-20/h14,18-20H,6-13,15-16H2,1-5H3. The number of ether oxygens (including phenoxy) is 1. The van der Waals surface area contributed by atoms with E-state index >= 15 is 0 Å². The summed E-state index contributed by atoms with van der Waals surface area (Å²) in [5.41, 5.74) is 0.192. The number of carbonyl (C=O) groups is 2. The molecule has 3 heterocycles. The van der Waals surface area contributed by atoms with E-state index in [0.717, 1.165) is 32.5 Å². The topological polar surface area (TPSA) is 139 Å². The average Bonchev–Trinajstić information content (AvgIpc) is 3.44. The van der Waals surface area contributed by atoms with Crippen molar-refractivity contribution >= 4 is 21.9 Å². The Labute approximate surface area is 254 Å². The van der Waals surface area contributed by atoms with E-state index in [1.807, 2.05) is 0 Å². The number of rotatable bonds is 9. The molecule has 17 heteroatoms. The van der Waals surface area contributed by atoms with Crippen molar-refractivity contribution in [3.8, 4) is 0 Å². The van der Waals surface area contributed by atoms with Crippen molar-refractivity contribution < 1.29 is 45.2 Å². The summed E-state index contributed by atoms with van der Waals surface area (Å²) in [6.45, 7) is 8.88. The predicted octanol–water partition coefficient (Wildman–Crippen LogP) is 2.41. The Morgan fingerprint density at radius 1 is 1.07 bits per heavy atom. The molecule has 0 aromatic carbocycles. The lowest BCUT2D eigenvalue weighted by molar-refractivity contribution is -0.224. The van der Waals surface area contributed by atoms with Crippen molar-refractivity contribution in [3.05, 3.63) is 34.1 Å². The normalized spacial score (nSPS) is 23.2. The van der Waals surface area contributed by atoms with Crippen LogP contribution in [0.4, 0.5) is 13.2 Å². The highest BCUT2D eigenvalue weighted by Crippen LogP contribution is 2.39. The van der Waals surface area contributed by atoms with Gasteiger partial charge in [0, 0.05) is 44.6 Å². The number of piperidine rings is 1. The van der Waals surface area contributed by atoms with E-state index in [4.69, 9.17) is 9.15 Å². The van der Waals surface area contributed by atoms with Crippen molar-refractivity contribution in [2.45, 2.75) is 46.3 Å². The molecule has 13 nitrogen and oxygen atoms in total. The van der Waals surface area contributed by atoms with E-state index in [1.54, 1.807) is 13.8 Å². The molecule has 44 heavy (non-hydrogen) atoms. The first-order valence-electron chi connectivity index (χ1n) is 14.4. The molecule has 2 atom stereocenters. The number of alkyl halides is 3. The second-order valence-electron chi connectivity index (χ2n) is 11.6. The van der Waals surface area contributed by atoms with Crippen LogP contribution in [-0.4, -0.2) is 116 Å². The second-order valence-corrected chi connectivity index (χ2v) is 13.4. The molecule has 0 N–H and O–H groups in total. The van der Waals surface area contributed by atoms with Crippen LogP contribution in [0, 0.1) is 17.8 Å². The molecular weight excluding hydrogens is 609 g/mol. The number of aromatic nitrogens is 2. The summed E-state index contributed by atoms with van der Waals surface area (Å²) >= 11 is 0. The largest absolute Gasteiger partial charge is 0.501 e. The zero-order valence-corrected chi connectivity index (χ0v) is 26.3. The molecule has 0 bridgehead atoms. The number of halogens is 3. The lowest BCUT2D eigenvalue weighted by Crippen LogP contribution is -2.50. The lowest BCUT2D eigenvalue weighted by Gasteiger charge is -2.37. The maximum absolute atomic E-state index is 13.7. The fourth-order valence-electron chi connectivity index (χ4n) is 5.74. The minimum Gasteiger partial charge on any atom is -0.501 e. The first kappa shape index (κ1) is 33.9. The number of sulfonamides is 1. The Balaban J connectivity index is 1.47. The van der Waals surface area contributed by atoms with Gasteiger partial charge in [-0.1, -0.05) is 13.8 Å². The van der Waals surface area contributed by atoms with Gasteiger partial charge in [0.25, 0.3) is 10.0 Å². The van der Waals surface area contributed by atoms with Gasteiger partial charge < -0.3 is 23.8 Å². The monoisotopic (exact) mass is 648 g/mol. The van der Waals surface area contributed by atoms with Crippen LogP contribution in [0.1, 0.15) is 50.2 Å². The first-order chi connectivity index (χ1) is 20.6. The van der Waals surface area contributed by atoms with Crippen molar-refractivity contribution in [2.24, 2.45) is 17.8 Å². The Hall–Kier alpha value is -3.02. The van der Waals surface area contributed by atoms with Gasteiger partial charge in [-0.05, 0) is 61.9 Å². The Bertz CT molecular complexity index is 1380. The van der Waals surface area contributed by atoms with E-state index in [1.165, 1.54) is 25.0 Å². The molecule has 1 aromatic heterocycles. The van der Waals surface area contributed by atoms with E-state index in [2.05, 4.69) is 31.9 Å². The van der Waals surface area contributed by atoms with Crippen molar-refractivity contribution in [1.29, 1.82) is 0 Å². The van der Waals surface area contributed by atoms with Crippen molar-refractivity contribution in [3.63, 3.8) is 0 Å². The summed E-state index contributed by atoms with van der Waals surface area (Å²) in [5.74, 6) is -4.43. The molecule has 2 aliphatic heterocycles. The Morgan fingerprint density at radius 3 is 2.30 bits per heavy atom. The fraction of sp³-hybridized carbons (Fsp3) is 0.704. The molecule has 0 saturated carbocycles. The minimum atomic E-state index is -5.49. The summed E-state index contributed by atoms with van der Waals surface area (Å²) in [4.78, 5) is 35.1. The zero-order chi connectivity index (χ0) is 32.4. The van der Waals surface area contributed by atoms with Gasteiger partial charge in [-0.15, -0.1) is 10.2 Å². The summed E-state index contributed by atoms with van der Waals surface area (Å²) in [6.07, 6.45) is -1.77. The van der Waals surface area contributed by atoms with Crippen LogP contribution >= 0.6 is 0 Å². The summed E-state index contributed by atoms with van der Waals surface area (Å²) in [5, 5.41) is 7.37. The third kappa shape index (κ3) is 7.61. The molecular formula is C27H39F3N6O7S. The number of nitrogens with zero attached hydrogens (tertiary/aromatic N) is 6. The fourth-order valence-corrected chi connectivity index (χ4v) is 7.55. The average molecular weight is 649 g/mol. The number of likely N-dealkylation sites (tertiary alicyclic amines) is 1.